The third kappa shape index (κ3) is 11.3. The summed E-state index contributed by atoms with van der Waals surface area (Å²) in [5.74, 6) is 0. The molecule has 5 nitrogen and oxygen atoms in total. The van der Waals surface area contributed by atoms with Crippen molar-refractivity contribution < 1.29 is 0 Å². The lowest BCUT2D eigenvalue weighted by molar-refractivity contribution is 0.590. The maximum atomic E-state index is 2.78. The van der Waals surface area contributed by atoms with Gasteiger partial charge in [-0.05, 0) is 180 Å². The fourth-order valence-corrected chi connectivity index (χ4v) is 21.2. The summed E-state index contributed by atoms with van der Waals surface area (Å²) in [5.41, 5.74) is 34.5. The summed E-state index contributed by atoms with van der Waals surface area (Å²) in [7, 11) is 0. The SMILES string of the molecule is CC(C)(C)c1ccc2c(c1)c1cc(C(C)(C)C)ccc1n2-c1ccc2c(c1)N(c1c(-c3ccccc3)cccc1-c1ccccc1)c1cc(-n3c4ccccc4c4ccccc43)cc3c1B2c1c(cc(-n2c4ccc(C(C)(C)C)cc4c4cc(C(C)(C)C)ccc42)c2c1sc1ccccc12)N3c1c(-c2ccccc2)cccc1-c1ccccc1. The average Bonchev–Trinajstić information content (AvgIpc) is 1.67. The number of thiophene rings is 1. The molecule has 574 valence electrons. The fraction of sp³-hybridized carbons (Fsp3) is 0.143. The Morgan fingerprint density at radius 3 is 0.992 bits per heavy atom. The fourth-order valence-electron chi connectivity index (χ4n) is 19.9. The molecule has 0 atom stereocenters. The van der Waals surface area contributed by atoms with Crippen LogP contribution in [0.15, 0.2) is 340 Å². The molecule has 0 radical (unpaired) electrons. The Hall–Kier alpha value is -13.2. The maximum Gasteiger partial charge on any atom is 0.254 e. The van der Waals surface area contributed by atoms with Crippen molar-refractivity contribution in [3.63, 3.8) is 0 Å². The van der Waals surface area contributed by atoms with E-state index in [9.17, 15) is 0 Å². The number of hydrogen-bond donors (Lipinski definition) is 0. The van der Waals surface area contributed by atoms with Crippen molar-refractivity contribution >= 4 is 154 Å². The number of para-hydroxylation sites is 4. The molecule has 0 saturated heterocycles. The zero-order valence-corrected chi connectivity index (χ0v) is 70.4. The molecule has 0 bridgehead atoms. The Morgan fingerprint density at radius 2 is 0.580 bits per heavy atom. The van der Waals surface area contributed by atoms with E-state index in [0.29, 0.717) is 0 Å². The van der Waals surface area contributed by atoms with Crippen LogP contribution >= 0.6 is 11.3 Å². The number of hydrogen-bond acceptors (Lipinski definition) is 3. The number of rotatable bonds is 9. The van der Waals surface area contributed by atoms with E-state index < -0.39 is 0 Å². The molecule has 22 rings (SSSR count). The van der Waals surface area contributed by atoms with E-state index in [1.54, 1.807) is 0 Å². The molecule has 0 spiro atoms. The first-order chi connectivity index (χ1) is 57.6. The van der Waals surface area contributed by atoms with Crippen LogP contribution in [-0.2, 0) is 21.7 Å². The molecule has 2 aliphatic heterocycles. The molecule has 7 heteroatoms. The van der Waals surface area contributed by atoms with Gasteiger partial charge in [-0.25, -0.2) is 0 Å². The Bertz CT molecular complexity index is 7250. The summed E-state index contributed by atoms with van der Waals surface area (Å²) in [6.07, 6.45) is 0. The van der Waals surface area contributed by atoms with Gasteiger partial charge in [-0.2, -0.15) is 0 Å². The van der Waals surface area contributed by atoms with Gasteiger partial charge in [0.1, 0.15) is 0 Å². The molecule has 0 saturated carbocycles. The lowest BCUT2D eigenvalue weighted by Crippen LogP contribution is -2.61. The Labute approximate surface area is 701 Å². The smallest absolute Gasteiger partial charge is 0.254 e. The molecule has 4 aromatic heterocycles. The first kappa shape index (κ1) is 72.3. The minimum atomic E-state index is -0.361. The van der Waals surface area contributed by atoms with Gasteiger partial charge in [0, 0.05) is 103 Å². The van der Waals surface area contributed by atoms with Crippen molar-refractivity contribution in [2.75, 3.05) is 9.80 Å². The number of benzene rings is 16. The van der Waals surface area contributed by atoms with Crippen LogP contribution in [0.25, 0.3) is 147 Å². The average molecular weight is 1550 g/mol. The minimum Gasteiger partial charge on any atom is -0.310 e. The molecule has 20 aromatic rings. The second-order valence-electron chi connectivity index (χ2n) is 37.2. The van der Waals surface area contributed by atoms with E-state index in [-0.39, 0.29) is 28.4 Å². The van der Waals surface area contributed by atoms with Crippen LogP contribution in [0.5, 0.6) is 0 Å². The van der Waals surface area contributed by atoms with Crippen LogP contribution in [0.2, 0.25) is 0 Å². The van der Waals surface area contributed by atoms with Gasteiger partial charge < -0.3 is 23.5 Å². The lowest BCUT2D eigenvalue weighted by atomic mass is 9.33. The van der Waals surface area contributed by atoms with E-state index in [1.807, 2.05) is 11.3 Å². The molecule has 2 aliphatic rings. The zero-order valence-electron chi connectivity index (χ0n) is 69.6. The van der Waals surface area contributed by atoms with Gasteiger partial charge in [0.25, 0.3) is 6.71 Å². The van der Waals surface area contributed by atoms with Crippen molar-refractivity contribution in [2.45, 2.75) is 105 Å². The van der Waals surface area contributed by atoms with Crippen LogP contribution < -0.4 is 26.2 Å². The number of nitrogens with zero attached hydrogens (tertiary/aromatic N) is 5. The highest BCUT2D eigenvalue weighted by Crippen LogP contribution is 2.57. The predicted molar refractivity (Wildman–Crippen MR) is 513 cm³/mol. The highest BCUT2D eigenvalue weighted by molar-refractivity contribution is 7.28. The molecule has 0 fully saturated rings. The zero-order chi connectivity index (χ0) is 80.9. The highest BCUT2D eigenvalue weighted by atomic mass is 32.1. The van der Waals surface area contributed by atoms with Crippen molar-refractivity contribution in [2.24, 2.45) is 0 Å². The second kappa shape index (κ2) is 26.7. The monoisotopic (exact) mass is 1550 g/mol. The lowest BCUT2D eigenvalue weighted by Gasteiger charge is -2.46. The van der Waals surface area contributed by atoms with Crippen LogP contribution in [0.1, 0.15) is 105 Å². The van der Waals surface area contributed by atoms with E-state index in [1.165, 1.54) is 113 Å². The van der Waals surface area contributed by atoms with Gasteiger partial charge in [-0.15, -0.1) is 11.3 Å². The van der Waals surface area contributed by atoms with Crippen LogP contribution in [0.3, 0.4) is 0 Å². The van der Waals surface area contributed by atoms with Crippen molar-refractivity contribution in [1.82, 2.24) is 13.7 Å². The van der Waals surface area contributed by atoms with Gasteiger partial charge in [0.2, 0.25) is 0 Å². The van der Waals surface area contributed by atoms with Crippen molar-refractivity contribution in [3.05, 3.63) is 362 Å². The van der Waals surface area contributed by atoms with Gasteiger partial charge >= 0.3 is 0 Å². The third-order valence-corrected chi connectivity index (χ3v) is 27.0. The van der Waals surface area contributed by atoms with Gasteiger partial charge in [-0.1, -0.05) is 326 Å². The molecule has 16 aromatic carbocycles. The summed E-state index contributed by atoms with van der Waals surface area (Å²) >= 11 is 1.96. The van der Waals surface area contributed by atoms with Gasteiger partial charge in [0.15, 0.2) is 0 Å². The quantitative estimate of drug-likeness (QED) is 0.134. The first-order valence-electron chi connectivity index (χ1n) is 42.2. The van der Waals surface area contributed by atoms with Crippen LogP contribution in [-0.4, -0.2) is 20.4 Å². The summed E-state index contributed by atoms with van der Waals surface area (Å²) in [6.45, 7) is 27.8. The summed E-state index contributed by atoms with van der Waals surface area (Å²) in [6, 6.07) is 131. The van der Waals surface area contributed by atoms with Crippen LogP contribution in [0.4, 0.5) is 34.1 Å². The normalized spacial score (nSPS) is 13.2. The standard InChI is InChI=1S/C112H92BN5S/c1-109(2,3)73-51-57-93-86(61-73)87-62-74(110(4,5)6)52-58-94(87)114(93)77-55-56-90-97(65-77)117(106-79(69-33-17-13-18-34-69)44-31-45-80(106)70-35-19-14-20-36-70)99-66-78(115-91-48-28-25-41-83(91)84-42-26-29-49-92(84)115)67-100-104(99)113(90)105-101(118(100)107-81(71-37-21-15-22-38-71)46-32-47-82(107)72-39-23-16-24-40-72)68-98(103-85-43-27-30-50-102(85)119-108(103)105)116-95-59-53-75(111(7,8)9)63-88(95)89-64-76(112(10,11)12)54-60-96(89)116/h13-68H,1-12H3. The molecular weight excluding hydrogens is 1460 g/mol. The van der Waals surface area contributed by atoms with E-state index >= 15 is 0 Å². The third-order valence-electron chi connectivity index (χ3n) is 25.8. The molecule has 6 heterocycles. The molecule has 0 unspecified atom stereocenters. The molecule has 119 heavy (non-hydrogen) atoms. The van der Waals surface area contributed by atoms with Gasteiger partial charge in [-0.3, -0.25) is 0 Å². The summed E-state index contributed by atoms with van der Waals surface area (Å²) in [4.78, 5) is 5.52. The highest BCUT2D eigenvalue weighted by Gasteiger charge is 2.48. The largest absolute Gasteiger partial charge is 0.310 e. The molecule has 0 N–H and O–H groups in total. The van der Waals surface area contributed by atoms with Gasteiger partial charge in [0.05, 0.1) is 55.8 Å². The number of fused-ring (bicyclic) bond motifs is 17. The van der Waals surface area contributed by atoms with Crippen LogP contribution in [0, 0.1) is 0 Å². The van der Waals surface area contributed by atoms with Crippen molar-refractivity contribution in [3.8, 4) is 61.6 Å². The Morgan fingerprint density at radius 1 is 0.244 bits per heavy atom. The molecule has 0 aliphatic carbocycles. The maximum absolute atomic E-state index is 2.78. The molecular formula is C112H92BN5S. The summed E-state index contributed by atoms with van der Waals surface area (Å²) in [5, 5.41) is 9.89. The van der Waals surface area contributed by atoms with E-state index in [0.717, 1.165) is 107 Å². The summed E-state index contributed by atoms with van der Waals surface area (Å²) < 4.78 is 10.3. The molecule has 0 amide bonds. The Balaban J connectivity index is 0.969. The first-order valence-corrected chi connectivity index (χ1v) is 43.0. The number of anilines is 6. The second-order valence-corrected chi connectivity index (χ2v) is 38.3. The number of aromatic nitrogens is 3. The van der Waals surface area contributed by atoms with E-state index in [2.05, 4.69) is 446 Å². The Kier molecular flexibility index (Phi) is 16.2. The van der Waals surface area contributed by atoms with Crippen molar-refractivity contribution in [1.29, 1.82) is 0 Å². The minimum absolute atomic E-state index is 0.0849. The predicted octanol–water partition coefficient (Wildman–Crippen LogP) is 29.3. The van der Waals surface area contributed by atoms with E-state index in [4.69, 9.17) is 0 Å². The topological polar surface area (TPSA) is 21.3 Å².